The summed E-state index contributed by atoms with van der Waals surface area (Å²) < 4.78 is 29.1. The van der Waals surface area contributed by atoms with Crippen molar-refractivity contribution in [3.8, 4) is 17.0 Å². The zero-order valence-corrected chi connectivity index (χ0v) is 20.9. The van der Waals surface area contributed by atoms with Crippen LogP contribution >= 0.6 is 0 Å². The van der Waals surface area contributed by atoms with Crippen LogP contribution in [0.15, 0.2) is 18.2 Å². The summed E-state index contributed by atoms with van der Waals surface area (Å²) in [4.78, 5) is 21.6. The van der Waals surface area contributed by atoms with Gasteiger partial charge in [-0.1, -0.05) is 6.07 Å². The Labute approximate surface area is 200 Å². The number of imidazole rings is 1. The molecule has 1 amide bonds. The van der Waals surface area contributed by atoms with E-state index in [1.165, 1.54) is 6.07 Å². The van der Waals surface area contributed by atoms with E-state index in [-0.39, 0.29) is 23.4 Å². The lowest BCUT2D eigenvalue weighted by Gasteiger charge is -2.44. The van der Waals surface area contributed by atoms with Gasteiger partial charge < -0.3 is 23.8 Å². The van der Waals surface area contributed by atoms with Crippen molar-refractivity contribution in [3.05, 3.63) is 35.5 Å². The fraction of sp³-hybridized carbons (Fsp3) is 0.615. The van der Waals surface area contributed by atoms with Gasteiger partial charge in [0.05, 0.1) is 17.9 Å². The van der Waals surface area contributed by atoms with Crippen LogP contribution in [0.1, 0.15) is 63.9 Å². The van der Waals surface area contributed by atoms with Crippen LogP contribution in [0.25, 0.3) is 11.3 Å². The van der Waals surface area contributed by atoms with Crippen LogP contribution < -0.4 is 4.74 Å². The first kappa shape index (κ1) is 23.1. The van der Waals surface area contributed by atoms with Gasteiger partial charge in [0.15, 0.2) is 5.60 Å². The van der Waals surface area contributed by atoms with E-state index < -0.39 is 5.60 Å². The van der Waals surface area contributed by atoms with Crippen LogP contribution in [0, 0.1) is 5.82 Å². The molecule has 3 aliphatic rings. The second-order valence-corrected chi connectivity index (χ2v) is 10.5. The molecule has 34 heavy (non-hydrogen) atoms. The lowest BCUT2D eigenvalue weighted by atomic mass is 9.82. The van der Waals surface area contributed by atoms with Gasteiger partial charge in [-0.05, 0) is 59.3 Å². The molecule has 1 aromatic carbocycles. The number of ether oxygens (including phenoxy) is 2. The van der Waals surface area contributed by atoms with Crippen LogP contribution in [0.4, 0.5) is 9.18 Å². The van der Waals surface area contributed by atoms with Gasteiger partial charge in [0.25, 0.3) is 0 Å². The largest absolute Gasteiger partial charge is 0.480 e. The molecule has 8 heteroatoms. The van der Waals surface area contributed by atoms with Crippen molar-refractivity contribution < 1.29 is 18.7 Å². The van der Waals surface area contributed by atoms with E-state index in [0.29, 0.717) is 49.5 Å². The molecule has 184 valence electrons. The quantitative estimate of drug-likeness (QED) is 0.639. The minimum atomic E-state index is -0.653. The SMILES string of the molecule is CCOC(=O)N1CCC2(CC1)Oc1cccc(F)c1-c1nc(C3CCN(C)C(C)(C)C3)n(C)c12. The van der Waals surface area contributed by atoms with E-state index in [4.69, 9.17) is 14.5 Å². The summed E-state index contributed by atoms with van der Waals surface area (Å²) in [6.07, 6.45) is 2.92. The fourth-order valence-corrected chi connectivity index (χ4v) is 5.99. The first-order valence-corrected chi connectivity index (χ1v) is 12.3. The van der Waals surface area contributed by atoms with Gasteiger partial charge in [-0.2, -0.15) is 0 Å². The maximum Gasteiger partial charge on any atom is 0.409 e. The van der Waals surface area contributed by atoms with Crippen LogP contribution in [-0.2, 0) is 17.4 Å². The number of aromatic nitrogens is 2. The number of likely N-dealkylation sites (tertiary alicyclic amines) is 2. The maximum absolute atomic E-state index is 15.1. The highest BCUT2D eigenvalue weighted by Crippen LogP contribution is 2.51. The van der Waals surface area contributed by atoms with E-state index in [1.807, 2.05) is 20.0 Å². The standard InChI is InChI=1S/C26H35FN4O3/c1-6-33-24(32)31-14-11-26(12-15-31)22-21(20-18(27)8-7-9-19(20)34-26)28-23(30(22)5)17-10-13-29(4)25(2,3)16-17/h7-9,17H,6,10-16H2,1-5H3. The van der Waals surface area contributed by atoms with Crippen LogP contribution in [0.2, 0.25) is 0 Å². The van der Waals surface area contributed by atoms with Crippen LogP contribution in [-0.4, -0.2) is 64.3 Å². The molecule has 0 radical (unpaired) electrons. The van der Waals surface area contributed by atoms with Crippen molar-refractivity contribution in [3.63, 3.8) is 0 Å². The highest BCUT2D eigenvalue weighted by Gasteiger charge is 2.49. The van der Waals surface area contributed by atoms with Crippen molar-refractivity contribution in [1.82, 2.24) is 19.4 Å². The van der Waals surface area contributed by atoms with Gasteiger partial charge in [0, 0.05) is 44.4 Å². The molecule has 2 fully saturated rings. The van der Waals surface area contributed by atoms with Gasteiger partial charge in [0.2, 0.25) is 0 Å². The van der Waals surface area contributed by atoms with Gasteiger partial charge >= 0.3 is 6.09 Å². The molecule has 2 saturated heterocycles. The lowest BCUT2D eigenvalue weighted by Crippen LogP contribution is -2.50. The van der Waals surface area contributed by atoms with Gasteiger partial charge in [-0.15, -0.1) is 0 Å². The molecular weight excluding hydrogens is 435 g/mol. The number of carbonyl (C=O) groups excluding carboxylic acids is 1. The van der Waals surface area contributed by atoms with Crippen LogP contribution in [0.3, 0.4) is 0 Å². The normalized spacial score (nSPS) is 23.2. The molecule has 0 N–H and O–H groups in total. The molecule has 1 atom stereocenters. The molecule has 0 saturated carbocycles. The summed E-state index contributed by atoms with van der Waals surface area (Å²) >= 11 is 0. The maximum atomic E-state index is 15.1. The average molecular weight is 471 g/mol. The Morgan fingerprint density at radius 3 is 2.65 bits per heavy atom. The molecule has 2 aromatic rings. The molecule has 5 rings (SSSR count). The van der Waals surface area contributed by atoms with E-state index in [2.05, 4.69) is 30.4 Å². The minimum Gasteiger partial charge on any atom is -0.480 e. The third-order valence-corrected chi connectivity index (χ3v) is 8.13. The van der Waals surface area contributed by atoms with Crippen molar-refractivity contribution in [2.24, 2.45) is 7.05 Å². The smallest absolute Gasteiger partial charge is 0.409 e. The third kappa shape index (κ3) is 3.58. The summed E-state index contributed by atoms with van der Waals surface area (Å²) in [5, 5.41) is 0. The Bertz CT molecular complexity index is 1100. The number of fused-ring (bicyclic) bond motifs is 4. The molecule has 3 aliphatic heterocycles. The number of hydrogen-bond acceptors (Lipinski definition) is 5. The monoisotopic (exact) mass is 470 g/mol. The predicted molar refractivity (Wildman–Crippen MR) is 127 cm³/mol. The minimum absolute atomic E-state index is 0.0672. The Hall–Kier alpha value is -2.61. The number of hydrogen-bond donors (Lipinski definition) is 0. The zero-order valence-electron chi connectivity index (χ0n) is 20.9. The molecular formula is C26H35FN4O3. The number of halogens is 1. The van der Waals surface area contributed by atoms with E-state index in [1.54, 1.807) is 11.0 Å². The lowest BCUT2D eigenvalue weighted by molar-refractivity contribution is -0.0105. The summed E-state index contributed by atoms with van der Waals surface area (Å²) in [6, 6.07) is 4.98. The summed E-state index contributed by atoms with van der Waals surface area (Å²) in [7, 11) is 4.21. The highest BCUT2D eigenvalue weighted by atomic mass is 19.1. The number of rotatable bonds is 2. The number of nitrogens with zero attached hydrogens (tertiary/aromatic N) is 4. The van der Waals surface area contributed by atoms with Gasteiger partial charge in [-0.25, -0.2) is 14.2 Å². The van der Waals surface area contributed by atoms with Gasteiger partial charge in [0.1, 0.15) is 23.1 Å². The second-order valence-electron chi connectivity index (χ2n) is 10.5. The third-order valence-electron chi connectivity index (χ3n) is 8.13. The Morgan fingerprint density at radius 1 is 1.24 bits per heavy atom. The Balaban J connectivity index is 1.57. The average Bonchev–Trinajstić information content (AvgIpc) is 3.14. The first-order chi connectivity index (χ1) is 16.2. The molecule has 1 aromatic heterocycles. The van der Waals surface area contributed by atoms with E-state index in [9.17, 15) is 4.79 Å². The Kier molecular flexibility index (Phi) is 5.62. The van der Waals surface area contributed by atoms with Crippen molar-refractivity contribution in [2.75, 3.05) is 33.3 Å². The van der Waals surface area contributed by atoms with E-state index >= 15 is 4.39 Å². The van der Waals surface area contributed by atoms with Crippen molar-refractivity contribution in [1.29, 1.82) is 0 Å². The first-order valence-electron chi connectivity index (χ1n) is 12.3. The molecule has 4 heterocycles. The second kappa shape index (κ2) is 8.26. The van der Waals surface area contributed by atoms with Crippen molar-refractivity contribution in [2.45, 2.75) is 63.5 Å². The number of piperidine rings is 2. The summed E-state index contributed by atoms with van der Waals surface area (Å²) in [5.41, 5.74) is 1.49. The molecule has 0 bridgehead atoms. The predicted octanol–water partition coefficient (Wildman–Crippen LogP) is 4.65. The number of benzene rings is 1. The topological polar surface area (TPSA) is 59.8 Å². The summed E-state index contributed by atoms with van der Waals surface area (Å²) in [6.45, 7) is 8.74. The van der Waals surface area contributed by atoms with Gasteiger partial charge in [-0.3, -0.25) is 0 Å². The highest BCUT2D eigenvalue weighted by molar-refractivity contribution is 5.74. The molecule has 1 spiro atoms. The molecule has 1 unspecified atom stereocenters. The summed E-state index contributed by atoms with van der Waals surface area (Å²) in [5.74, 6) is 1.50. The fourth-order valence-electron chi connectivity index (χ4n) is 5.99. The molecule has 0 aliphatic carbocycles. The molecule has 7 nitrogen and oxygen atoms in total. The van der Waals surface area contributed by atoms with Crippen molar-refractivity contribution >= 4 is 6.09 Å². The van der Waals surface area contributed by atoms with Crippen LogP contribution in [0.5, 0.6) is 5.75 Å². The number of amides is 1. The number of carbonyl (C=O) groups is 1. The zero-order chi connectivity index (χ0) is 24.3. The van der Waals surface area contributed by atoms with E-state index in [0.717, 1.165) is 30.9 Å². The Morgan fingerprint density at radius 2 is 1.97 bits per heavy atom.